The highest BCUT2D eigenvalue weighted by Gasteiger charge is 2.25. The number of amides is 2. The first-order valence-electron chi connectivity index (χ1n) is 12.4. The third-order valence-corrected chi connectivity index (χ3v) is 6.00. The molecule has 2 aromatic rings. The first kappa shape index (κ1) is 26.5. The highest BCUT2D eigenvalue weighted by Crippen LogP contribution is 2.29. The van der Waals surface area contributed by atoms with Gasteiger partial charge >= 0.3 is 6.09 Å². The Labute approximate surface area is 209 Å². The van der Waals surface area contributed by atoms with E-state index in [1.54, 1.807) is 11.9 Å². The number of ether oxygens (including phenoxy) is 2. The largest absolute Gasteiger partial charge is 0.485 e. The van der Waals surface area contributed by atoms with E-state index >= 15 is 0 Å². The molecule has 35 heavy (non-hydrogen) atoms. The predicted octanol–water partition coefficient (Wildman–Crippen LogP) is 4.84. The monoisotopic (exact) mass is 481 g/mol. The van der Waals surface area contributed by atoms with Crippen molar-refractivity contribution in [3.63, 3.8) is 0 Å². The van der Waals surface area contributed by atoms with Crippen molar-refractivity contribution in [2.24, 2.45) is 0 Å². The molecule has 0 radical (unpaired) electrons. The zero-order valence-corrected chi connectivity index (χ0v) is 21.7. The number of carbonyl (C=O) groups is 2. The summed E-state index contributed by atoms with van der Waals surface area (Å²) in [5.41, 5.74) is 1.00. The van der Waals surface area contributed by atoms with Gasteiger partial charge in [-0.3, -0.25) is 4.79 Å². The summed E-state index contributed by atoms with van der Waals surface area (Å²) in [5, 5.41) is 0. The van der Waals surface area contributed by atoms with Crippen LogP contribution in [0.5, 0.6) is 5.75 Å². The number of likely N-dealkylation sites (N-methyl/N-ethyl adjacent to an activating group) is 1. The Bertz CT molecular complexity index is 974. The first-order chi connectivity index (χ1) is 16.6. The summed E-state index contributed by atoms with van der Waals surface area (Å²) in [4.78, 5) is 31.6. The van der Waals surface area contributed by atoms with Crippen LogP contribution >= 0.6 is 0 Å². The van der Waals surface area contributed by atoms with E-state index in [0.29, 0.717) is 30.8 Å². The van der Waals surface area contributed by atoms with Gasteiger partial charge in [-0.1, -0.05) is 42.5 Å². The lowest BCUT2D eigenvalue weighted by atomic mass is 10.1. The molecule has 0 saturated carbocycles. The standard InChI is InChI=1S/C28H39N3O4/c1-28(2,3)35-27(33)30(5)19-16-24(22-12-7-6-8-13-22)34-25-15-10-9-14-23(25)26(32)31-18-11-17-29(4)20-21-31/h6-10,12-15,24H,11,16-21H2,1-5H3. The molecule has 1 saturated heterocycles. The van der Waals surface area contributed by atoms with Gasteiger partial charge in [-0.2, -0.15) is 0 Å². The number of rotatable bonds is 7. The summed E-state index contributed by atoms with van der Waals surface area (Å²) in [5.74, 6) is 0.553. The van der Waals surface area contributed by atoms with Gasteiger partial charge in [0.25, 0.3) is 5.91 Å². The number of nitrogens with zero attached hydrogens (tertiary/aromatic N) is 3. The molecule has 0 N–H and O–H groups in total. The van der Waals surface area contributed by atoms with Crippen LogP contribution in [0.1, 0.15) is 55.6 Å². The van der Waals surface area contributed by atoms with Gasteiger partial charge < -0.3 is 24.2 Å². The molecular formula is C28H39N3O4. The predicted molar refractivity (Wildman–Crippen MR) is 138 cm³/mol. The molecule has 7 heteroatoms. The molecular weight excluding hydrogens is 442 g/mol. The highest BCUT2D eigenvalue weighted by atomic mass is 16.6. The van der Waals surface area contributed by atoms with Crippen LogP contribution in [-0.4, -0.2) is 79.1 Å². The van der Waals surface area contributed by atoms with Crippen molar-refractivity contribution in [2.45, 2.75) is 45.3 Å². The van der Waals surface area contributed by atoms with Gasteiger partial charge in [0.1, 0.15) is 17.5 Å². The summed E-state index contributed by atoms with van der Waals surface area (Å²) >= 11 is 0. The van der Waals surface area contributed by atoms with E-state index in [4.69, 9.17) is 9.47 Å². The molecule has 1 aliphatic heterocycles. The van der Waals surface area contributed by atoms with E-state index in [9.17, 15) is 9.59 Å². The SMILES string of the molecule is CN1CCCN(C(=O)c2ccccc2OC(CCN(C)C(=O)OC(C)(C)C)c2ccccc2)CC1. The average Bonchev–Trinajstić information content (AvgIpc) is 3.05. The van der Waals surface area contributed by atoms with E-state index in [-0.39, 0.29) is 18.1 Å². The van der Waals surface area contributed by atoms with Crippen molar-refractivity contribution >= 4 is 12.0 Å². The highest BCUT2D eigenvalue weighted by molar-refractivity contribution is 5.97. The molecule has 0 bridgehead atoms. The molecule has 1 fully saturated rings. The molecule has 1 unspecified atom stereocenters. The Balaban J connectivity index is 1.77. The average molecular weight is 482 g/mol. The van der Waals surface area contributed by atoms with E-state index in [1.807, 2.05) is 80.3 Å². The van der Waals surface area contributed by atoms with Gasteiger partial charge in [0, 0.05) is 39.6 Å². The number of hydrogen-bond acceptors (Lipinski definition) is 5. The lowest BCUT2D eigenvalue weighted by molar-refractivity contribution is 0.0278. The van der Waals surface area contributed by atoms with Crippen LogP contribution in [0.15, 0.2) is 54.6 Å². The summed E-state index contributed by atoms with van der Waals surface area (Å²) < 4.78 is 12.0. The minimum Gasteiger partial charge on any atom is -0.485 e. The van der Waals surface area contributed by atoms with Crippen LogP contribution in [-0.2, 0) is 4.74 Å². The molecule has 1 heterocycles. The van der Waals surface area contributed by atoms with Crippen molar-refractivity contribution in [2.75, 3.05) is 46.8 Å². The number of benzene rings is 2. The molecule has 1 atom stereocenters. The van der Waals surface area contributed by atoms with Crippen molar-refractivity contribution in [3.05, 3.63) is 65.7 Å². The van der Waals surface area contributed by atoms with Crippen LogP contribution in [0.2, 0.25) is 0 Å². The summed E-state index contributed by atoms with van der Waals surface area (Å²) in [7, 11) is 3.81. The van der Waals surface area contributed by atoms with Crippen LogP contribution in [0.25, 0.3) is 0 Å². The first-order valence-corrected chi connectivity index (χ1v) is 12.4. The quantitative estimate of drug-likeness (QED) is 0.566. The Morgan fingerprint density at radius 1 is 0.971 bits per heavy atom. The summed E-state index contributed by atoms with van der Waals surface area (Å²) in [6, 6.07) is 17.4. The van der Waals surface area contributed by atoms with E-state index < -0.39 is 5.60 Å². The fourth-order valence-corrected chi connectivity index (χ4v) is 4.02. The zero-order valence-electron chi connectivity index (χ0n) is 21.7. The number of hydrogen-bond donors (Lipinski definition) is 0. The van der Waals surface area contributed by atoms with Crippen LogP contribution < -0.4 is 4.74 Å². The molecule has 7 nitrogen and oxygen atoms in total. The summed E-state index contributed by atoms with van der Waals surface area (Å²) in [6.07, 6.45) is 0.808. The maximum absolute atomic E-state index is 13.4. The van der Waals surface area contributed by atoms with Gasteiger partial charge in [0.15, 0.2) is 0 Å². The van der Waals surface area contributed by atoms with Crippen LogP contribution in [0.4, 0.5) is 4.79 Å². The van der Waals surface area contributed by atoms with E-state index in [0.717, 1.165) is 31.6 Å². The Morgan fingerprint density at radius 2 is 1.66 bits per heavy atom. The molecule has 0 aromatic heterocycles. The van der Waals surface area contributed by atoms with Crippen molar-refractivity contribution in [1.29, 1.82) is 0 Å². The van der Waals surface area contributed by atoms with Gasteiger partial charge in [0.2, 0.25) is 0 Å². The maximum Gasteiger partial charge on any atom is 0.410 e. The Morgan fingerprint density at radius 3 is 2.37 bits per heavy atom. The third kappa shape index (κ3) is 7.99. The van der Waals surface area contributed by atoms with Gasteiger partial charge in [-0.05, 0) is 58.5 Å². The molecule has 3 rings (SSSR count). The second-order valence-electron chi connectivity index (χ2n) is 10.2. The van der Waals surface area contributed by atoms with Gasteiger partial charge in [-0.15, -0.1) is 0 Å². The fraction of sp³-hybridized carbons (Fsp3) is 0.500. The third-order valence-electron chi connectivity index (χ3n) is 6.00. The molecule has 190 valence electrons. The van der Waals surface area contributed by atoms with Crippen molar-refractivity contribution in [3.8, 4) is 5.75 Å². The van der Waals surface area contributed by atoms with Crippen LogP contribution in [0.3, 0.4) is 0 Å². The normalized spacial score (nSPS) is 15.7. The van der Waals surface area contributed by atoms with E-state index in [1.165, 1.54) is 0 Å². The second-order valence-corrected chi connectivity index (χ2v) is 10.2. The molecule has 0 spiro atoms. The second kappa shape index (κ2) is 12.1. The zero-order chi connectivity index (χ0) is 25.4. The van der Waals surface area contributed by atoms with Crippen molar-refractivity contribution in [1.82, 2.24) is 14.7 Å². The van der Waals surface area contributed by atoms with Crippen molar-refractivity contribution < 1.29 is 19.1 Å². The molecule has 2 aromatic carbocycles. The smallest absolute Gasteiger partial charge is 0.410 e. The Hall–Kier alpha value is -3.06. The fourth-order valence-electron chi connectivity index (χ4n) is 4.02. The lowest BCUT2D eigenvalue weighted by Crippen LogP contribution is -2.35. The molecule has 1 aliphatic rings. The van der Waals surface area contributed by atoms with Crippen LogP contribution in [0, 0.1) is 0 Å². The maximum atomic E-state index is 13.4. The summed E-state index contributed by atoms with van der Waals surface area (Å²) in [6.45, 7) is 9.29. The lowest BCUT2D eigenvalue weighted by Gasteiger charge is -2.27. The van der Waals surface area contributed by atoms with Gasteiger partial charge in [0.05, 0.1) is 5.56 Å². The Kier molecular flexibility index (Phi) is 9.15. The minimum atomic E-state index is -0.553. The minimum absolute atomic E-state index is 0.00594. The number of carbonyl (C=O) groups excluding carboxylic acids is 2. The van der Waals surface area contributed by atoms with Gasteiger partial charge in [-0.25, -0.2) is 4.79 Å². The van der Waals surface area contributed by atoms with E-state index in [2.05, 4.69) is 11.9 Å². The molecule has 0 aliphatic carbocycles. The molecule has 2 amide bonds. The number of para-hydroxylation sites is 1. The topological polar surface area (TPSA) is 62.3 Å².